The van der Waals surface area contributed by atoms with Crippen molar-refractivity contribution in [2.45, 2.75) is 32.8 Å². The van der Waals surface area contributed by atoms with Crippen LogP contribution in [0.25, 0.3) is 11.5 Å². The number of aromatic nitrogens is 1. The van der Waals surface area contributed by atoms with Gasteiger partial charge >= 0.3 is 0 Å². The number of thiophene rings is 1. The number of hydrogen-bond acceptors (Lipinski definition) is 5. The molecule has 0 saturated carbocycles. The molecule has 1 aromatic carbocycles. The summed E-state index contributed by atoms with van der Waals surface area (Å²) in [6.45, 7) is 7.53. The van der Waals surface area contributed by atoms with E-state index in [-0.39, 0.29) is 6.54 Å². The van der Waals surface area contributed by atoms with Crippen molar-refractivity contribution in [1.29, 1.82) is 0 Å². The number of aryl methyl sites for hydroxylation is 1. The topological polar surface area (TPSA) is 82.7 Å². The normalized spacial score (nSPS) is 13.9. The highest BCUT2D eigenvalue weighted by Crippen LogP contribution is 2.23. The van der Waals surface area contributed by atoms with Crippen LogP contribution in [0.15, 0.2) is 56.8 Å². The molecule has 3 aromatic rings. The van der Waals surface area contributed by atoms with Gasteiger partial charge in [0.15, 0.2) is 5.96 Å². The third-order valence-corrected chi connectivity index (χ3v) is 5.24. The van der Waals surface area contributed by atoms with E-state index in [4.69, 9.17) is 4.42 Å². The van der Waals surface area contributed by atoms with Crippen LogP contribution in [-0.2, 0) is 12.0 Å². The summed E-state index contributed by atoms with van der Waals surface area (Å²) < 4.78 is 5.61. The molecule has 2 heterocycles. The summed E-state index contributed by atoms with van der Waals surface area (Å²) in [5, 5.41) is 21.1. The second-order valence-corrected chi connectivity index (χ2v) is 7.95. The van der Waals surface area contributed by atoms with Crippen LogP contribution in [0.3, 0.4) is 0 Å². The number of nitrogens with zero attached hydrogens (tertiary/aromatic N) is 2. The molecule has 0 amide bonds. The minimum atomic E-state index is -0.989. The Kier molecular flexibility index (Phi) is 7.06. The molecule has 0 saturated heterocycles. The predicted octanol–water partition coefficient (Wildman–Crippen LogP) is 3.72. The Hall–Kier alpha value is -2.64. The van der Waals surface area contributed by atoms with E-state index in [0.29, 0.717) is 24.8 Å². The molecule has 0 aliphatic rings. The molecule has 0 aliphatic carbocycles. The number of hydrogen-bond donors (Lipinski definition) is 3. The first-order valence-electron chi connectivity index (χ1n) is 9.76. The molecule has 3 N–H and O–H groups in total. The maximum Gasteiger partial charge on any atom is 0.226 e. The third-order valence-electron chi connectivity index (χ3n) is 4.56. The van der Waals surface area contributed by atoms with Gasteiger partial charge in [0.1, 0.15) is 11.9 Å². The Bertz CT molecular complexity index is 915. The van der Waals surface area contributed by atoms with Crippen molar-refractivity contribution in [2.24, 2.45) is 4.99 Å². The number of rotatable bonds is 8. The molecular formula is C22H28N4O2S. The second kappa shape index (κ2) is 9.71. The lowest BCUT2D eigenvalue weighted by Gasteiger charge is -2.21. The first-order chi connectivity index (χ1) is 14.0. The molecule has 0 bridgehead atoms. The first-order valence-corrected chi connectivity index (χ1v) is 10.7. The molecule has 2 aromatic heterocycles. The van der Waals surface area contributed by atoms with Gasteiger partial charge in [-0.1, -0.05) is 17.7 Å². The van der Waals surface area contributed by atoms with E-state index in [1.54, 1.807) is 24.5 Å². The molecule has 1 unspecified atom stereocenters. The zero-order chi connectivity index (χ0) is 20.7. The van der Waals surface area contributed by atoms with E-state index in [0.717, 1.165) is 23.4 Å². The predicted molar refractivity (Wildman–Crippen MR) is 118 cm³/mol. The summed E-state index contributed by atoms with van der Waals surface area (Å²) in [5.74, 6) is 1.30. The monoisotopic (exact) mass is 412 g/mol. The molecule has 6 nitrogen and oxygen atoms in total. The van der Waals surface area contributed by atoms with Crippen LogP contribution in [0.1, 0.15) is 30.7 Å². The summed E-state index contributed by atoms with van der Waals surface area (Å²) in [6, 6.07) is 10.0. The Morgan fingerprint density at radius 2 is 2.03 bits per heavy atom. The van der Waals surface area contributed by atoms with Crippen molar-refractivity contribution in [1.82, 2.24) is 15.6 Å². The van der Waals surface area contributed by atoms with Crippen molar-refractivity contribution >= 4 is 17.3 Å². The van der Waals surface area contributed by atoms with Crippen LogP contribution >= 0.6 is 11.3 Å². The lowest BCUT2D eigenvalue weighted by Crippen LogP contribution is -2.39. The van der Waals surface area contributed by atoms with Crippen LogP contribution in [0.4, 0.5) is 0 Å². The SMILES string of the molecule is CCNC(=NCC(C)(O)c1ccsc1)NCCc1coc(-c2ccc(C)cc2)n1. The quantitative estimate of drug-likeness (QED) is 0.388. The number of oxazole rings is 1. The van der Waals surface area contributed by atoms with E-state index in [2.05, 4.69) is 27.5 Å². The highest BCUT2D eigenvalue weighted by atomic mass is 32.1. The standard InChI is InChI=1S/C22H28N4O2S/c1-4-23-21(25-15-22(3,27)18-10-12-29-14-18)24-11-9-19-13-28-20(26-19)17-7-5-16(2)6-8-17/h5-8,10,12-14,27H,4,9,11,15H2,1-3H3,(H2,23,24,25). The Morgan fingerprint density at radius 1 is 1.24 bits per heavy atom. The molecule has 154 valence electrons. The van der Waals surface area contributed by atoms with Gasteiger partial charge in [-0.2, -0.15) is 11.3 Å². The van der Waals surface area contributed by atoms with Gasteiger partial charge in [-0.3, -0.25) is 0 Å². The molecule has 29 heavy (non-hydrogen) atoms. The first kappa shape index (κ1) is 21.1. The van der Waals surface area contributed by atoms with Crippen molar-refractivity contribution in [3.05, 3.63) is 64.2 Å². The third kappa shape index (κ3) is 5.92. The van der Waals surface area contributed by atoms with Gasteiger partial charge in [0.05, 0.1) is 12.2 Å². The molecule has 0 spiro atoms. The number of nitrogens with one attached hydrogen (secondary N) is 2. The highest BCUT2D eigenvalue weighted by Gasteiger charge is 2.23. The van der Waals surface area contributed by atoms with E-state index in [9.17, 15) is 5.11 Å². The maximum atomic E-state index is 10.6. The highest BCUT2D eigenvalue weighted by molar-refractivity contribution is 7.08. The Labute approximate surface area is 175 Å². The van der Waals surface area contributed by atoms with Crippen molar-refractivity contribution in [3.8, 4) is 11.5 Å². The fraction of sp³-hybridized carbons (Fsp3) is 0.364. The summed E-state index contributed by atoms with van der Waals surface area (Å²) in [5.41, 5.74) is 2.96. The molecule has 0 aliphatic heterocycles. The number of aliphatic imine (C=N–C) groups is 1. The maximum absolute atomic E-state index is 10.6. The van der Waals surface area contributed by atoms with Gasteiger partial charge in [0, 0.05) is 25.1 Å². The summed E-state index contributed by atoms with van der Waals surface area (Å²) in [4.78, 5) is 9.10. The number of guanidine groups is 1. The average Bonchev–Trinajstić information content (AvgIpc) is 3.39. The lowest BCUT2D eigenvalue weighted by molar-refractivity contribution is 0.0677. The van der Waals surface area contributed by atoms with E-state index < -0.39 is 5.60 Å². The van der Waals surface area contributed by atoms with Crippen molar-refractivity contribution in [3.63, 3.8) is 0 Å². The minimum absolute atomic E-state index is 0.278. The van der Waals surface area contributed by atoms with Gasteiger partial charge in [0.25, 0.3) is 0 Å². The van der Waals surface area contributed by atoms with Gasteiger partial charge in [-0.15, -0.1) is 0 Å². The number of aliphatic hydroxyl groups is 1. The summed E-state index contributed by atoms with van der Waals surface area (Å²) in [6.07, 6.45) is 2.41. The molecule has 7 heteroatoms. The minimum Gasteiger partial charge on any atom is -0.444 e. The fourth-order valence-corrected chi connectivity index (χ4v) is 3.58. The average molecular weight is 413 g/mol. The second-order valence-electron chi connectivity index (χ2n) is 7.17. The largest absolute Gasteiger partial charge is 0.444 e. The zero-order valence-electron chi connectivity index (χ0n) is 17.1. The van der Waals surface area contributed by atoms with Gasteiger partial charge in [-0.25, -0.2) is 9.98 Å². The Morgan fingerprint density at radius 3 is 2.72 bits per heavy atom. The smallest absolute Gasteiger partial charge is 0.226 e. The summed E-state index contributed by atoms with van der Waals surface area (Å²) in [7, 11) is 0. The molecule has 0 fully saturated rings. The molecular weight excluding hydrogens is 384 g/mol. The van der Waals surface area contributed by atoms with Gasteiger partial charge < -0.3 is 20.2 Å². The van der Waals surface area contributed by atoms with E-state index >= 15 is 0 Å². The van der Waals surface area contributed by atoms with Gasteiger partial charge in [-0.05, 0) is 55.3 Å². The van der Waals surface area contributed by atoms with Gasteiger partial charge in [0.2, 0.25) is 5.89 Å². The molecule has 1 atom stereocenters. The molecule has 3 rings (SSSR count). The van der Waals surface area contributed by atoms with Crippen LogP contribution in [0, 0.1) is 6.92 Å². The van der Waals surface area contributed by atoms with Crippen LogP contribution in [0.2, 0.25) is 0 Å². The van der Waals surface area contributed by atoms with Crippen LogP contribution < -0.4 is 10.6 Å². The van der Waals surface area contributed by atoms with Crippen molar-refractivity contribution in [2.75, 3.05) is 19.6 Å². The van der Waals surface area contributed by atoms with Crippen molar-refractivity contribution < 1.29 is 9.52 Å². The van der Waals surface area contributed by atoms with Crippen LogP contribution in [0.5, 0.6) is 0 Å². The zero-order valence-corrected chi connectivity index (χ0v) is 17.9. The van der Waals surface area contributed by atoms with E-state index in [1.807, 2.05) is 48.0 Å². The van der Waals surface area contributed by atoms with Crippen LogP contribution in [-0.4, -0.2) is 35.7 Å². The Balaban J connectivity index is 1.55. The van der Waals surface area contributed by atoms with E-state index in [1.165, 1.54) is 5.56 Å². The fourth-order valence-electron chi connectivity index (χ4n) is 2.80. The lowest BCUT2D eigenvalue weighted by atomic mass is 10.00. The number of benzene rings is 1. The summed E-state index contributed by atoms with van der Waals surface area (Å²) >= 11 is 1.57. The molecule has 0 radical (unpaired) electrons.